The first-order chi connectivity index (χ1) is 7.40. The first kappa shape index (κ1) is 15.4. The number of nitrogens with two attached hydrogens (primary N) is 1. The van der Waals surface area contributed by atoms with Gasteiger partial charge in [-0.1, -0.05) is 20.3 Å². The minimum atomic E-state index is -1.13. The highest BCUT2D eigenvalue weighted by atomic mass is 16.5. The minimum absolute atomic E-state index is 0.449. The van der Waals surface area contributed by atoms with Gasteiger partial charge >= 0.3 is 5.97 Å². The van der Waals surface area contributed by atoms with Crippen molar-refractivity contribution in [2.75, 3.05) is 13.2 Å². The molecule has 0 aliphatic heterocycles. The number of rotatable bonds is 9. The Labute approximate surface area is 98.2 Å². The van der Waals surface area contributed by atoms with Gasteiger partial charge in [-0.3, -0.25) is 4.79 Å². The summed E-state index contributed by atoms with van der Waals surface area (Å²) in [6.07, 6.45) is 3.48. The molecule has 2 atom stereocenters. The summed E-state index contributed by atoms with van der Waals surface area (Å²) in [6, 6.07) is 0. The summed E-state index contributed by atoms with van der Waals surface area (Å²) < 4.78 is 5.47. The Bertz CT molecular complexity index is 204. The normalized spacial score (nSPS) is 16.8. The molecule has 16 heavy (non-hydrogen) atoms. The van der Waals surface area contributed by atoms with E-state index in [-0.39, 0.29) is 0 Å². The van der Waals surface area contributed by atoms with Crippen LogP contribution in [0.1, 0.15) is 46.5 Å². The van der Waals surface area contributed by atoms with Gasteiger partial charge in [-0.05, 0) is 32.1 Å². The quantitative estimate of drug-likeness (QED) is 0.595. The fourth-order valence-corrected chi connectivity index (χ4v) is 1.51. The fourth-order valence-electron chi connectivity index (χ4n) is 1.51. The van der Waals surface area contributed by atoms with E-state index in [1.807, 2.05) is 0 Å². The van der Waals surface area contributed by atoms with E-state index in [1.165, 1.54) is 19.8 Å². The smallest absolute Gasteiger partial charge is 0.323 e. The molecule has 0 spiro atoms. The van der Waals surface area contributed by atoms with Crippen LogP contribution in [0.25, 0.3) is 0 Å². The van der Waals surface area contributed by atoms with Crippen molar-refractivity contribution in [3.05, 3.63) is 0 Å². The molecule has 3 N–H and O–H groups in total. The summed E-state index contributed by atoms with van der Waals surface area (Å²) in [5.41, 5.74) is 4.47. The second-order valence-corrected chi connectivity index (χ2v) is 4.79. The molecule has 0 saturated carbocycles. The zero-order valence-corrected chi connectivity index (χ0v) is 10.7. The zero-order valence-electron chi connectivity index (χ0n) is 10.7. The van der Waals surface area contributed by atoms with E-state index >= 15 is 0 Å². The van der Waals surface area contributed by atoms with Crippen LogP contribution in [0.3, 0.4) is 0 Å². The average Bonchev–Trinajstić information content (AvgIpc) is 2.17. The molecule has 0 rings (SSSR count). The lowest BCUT2D eigenvalue weighted by atomic mass is 9.98. The fraction of sp³-hybridized carbons (Fsp3) is 0.917. The molecule has 0 saturated heterocycles. The van der Waals surface area contributed by atoms with Crippen molar-refractivity contribution in [3.8, 4) is 0 Å². The van der Waals surface area contributed by atoms with Gasteiger partial charge in [0.05, 0.1) is 0 Å². The number of carboxylic acids is 1. The maximum absolute atomic E-state index is 10.7. The first-order valence-corrected chi connectivity index (χ1v) is 6.00. The number of hydrogen-bond donors (Lipinski definition) is 2. The maximum atomic E-state index is 10.7. The molecule has 4 heteroatoms. The second-order valence-electron chi connectivity index (χ2n) is 4.79. The summed E-state index contributed by atoms with van der Waals surface area (Å²) in [7, 11) is 0. The van der Waals surface area contributed by atoms with E-state index in [0.29, 0.717) is 25.4 Å². The SMILES string of the molecule is CCCC(C)COCCCC(C)(N)C(=O)O. The number of hydrogen-bond acceptors (Lipinski definition) is 3. The third kappa shape index (κ3) is 6.80. The van der Waals surface area contributed by atoms with Crippen LogP contribution in [0.5, 0.6) is 0 Å². The molecule has 0 aliphatic rings. The van der Waals surface area contributed by atoms with E-state index < -0.39 is 11.5 Å². The summed E-state index contributed by atoms with van der Waals surface area (Å²) >= 11 is 0. The van der Waals surface area contributed by atoms with Crippen molar-refractivity contribution in [2.24, 2.45) is 11.7 Å². The second kappa shape index (κ2) is 7.63. The molecule has 0 bridgehead atoms. The molecular weight excluding hydrogens is 206 g/mol. The van der Waals surface area contributed by atoms with Gasteiger partial charge in [0.2, 0.25) is 0 Å². The molecule has 96 valence electrons. The van der Waals surface area contributed by atoms with Gasteiger partial charge in [0.1, 0.15) is 5.54 Å². The number of carboxylic acid groups (broad SMARTS) is 1. The van der Waals surface area contributed by atoms with Crippen LogP contribution < -0.4 is 5.73 Å². The van der Waals surface area contributed by atoms with Gasteiger partial charge in [-0.2, -0.15) is 0 Å². The number of ether oxygens (including phenoxy) is 1. The van der Waals surface area contributed by atoms with Gasteiger partial charge in [0.25, 0.3) is 0 Å². The molecule has 0 aromatic heterocycles. The molecular formula is C12H25NO3. The van der Waals surface area contributed by atoms with Crippen LogP contribution in [0.2, 0.25) is 0 Å². The third-order valence-electron chi connectivity index (χ3n) is 2.66. The predicted molar refractivity (Wildman–Crippen MR) is 64.4 cm³/mol. The van der Waals surface area contributed by atoms with E-state index in [1.54, 1.807) is 0 Å². The van der Waals surface area contributed by atoms with Crippen LogP contribution in [-0.2, 0) is 9.53 Å². The Hall–Kier alpha value is -0.610. The summed E-state index contributed by atoms with van der Waals surface area (Å²) in [5.74, 6) is -0.374. The lowest BCUT2D eigenvalue weighted by molar-refractivity contribution is -0.143. The first-order valence-electron chi connectivity index (χ1n) is 6.00. The molecule has 0 aromatic rings. The molecule has 0 aromatic carbocycles. The van der Waals surface area contributed by atoms with Crippen LogP contribution in [-0.4, -0.2) is 29.8 Å². The molecule has 0 aliphatic carbocycles. The zero-order chi connectivity index (χ0) is 12.6. The highest BCUT2D eigenvalue weighted by Crippen LogP contribution is 2.10. The Morgan fingerprint density at radius 1 is 1.56 bits per heavy atom. The topological polar surface area (TPSA) is 72.5 Å². The van der Waals surface area contributed by atoms with Gasteiger partial charge in [0, 0.05) is 13.2 Å². The van der Waals surface area contributed by atoms with Crippen LogP contribution in [0, 0.1) is 5.92 Å². The van der Waals surface area contributed by atoms with Gasteiger partial charge in [-0.15, -0.1) is 0 Å². The molecule has 2 unspecified atom stereocenters. The van der Waals surface area contributed by atoms with Gasteiger partial charge < -0.3 is 15.6 Å². The Morgan fingerprint density at radius 3 is 2.69 bits per heavy atom. The maximum Gasteiger partial charge on any atom is 0.323 e. The number of carbonyl (C=O) groups is 1. The third-order valence-corrected chi connectivity index (χ3v) is 2.66. The van der Waals surface area contributed by atoms with Crippen molar-refractivity contribution in [3.63, 3.8) is 0 Å². The Kier molecular flexibility index (Phi) is 7.34. The predicted octanol–water partition coefficient (Wildman–Crippen LogP) is 2.02. The van der Waals surface area contributed by atoms with Crippen molar-refractivity contribution in [1.29, 1.82) is 0 Å². The van der Waals surface area contributed by atoms with Crippen molar-refractivity contribution in [1.82, 2.24) is 0 Å². The summed E-state index contributed by atoms with van der Waals surface area (Å²) in [4.78, 5) is 10.7. The van der Waals surface area contributed by atoms with Crippen molar-refractivity contribution < 1.29 is 14.6 Å². The summed E-state index contributed by atoms with van der Waals surface area (Å²) in [5, 5.41) is 8.79. The number of aliphatic carboxylic acids is 1. The molecule has 0 amide bonds. The lowest BCUT2D eigenvalue weighted by Crippen LogP contribution is -2.44. The molecule has 0 heterocycles. The van der Waals surface area contributed by atoms with E-state index in [0.717, 1.165) is 6.61 Å². The highest BCUT2D eigenvalue weighted by molar-refractivity contribution is 5.77. The van der Waals surface area contributed by atoms with Crippen LogP contribution in [0.4, 0.5) is 0 Å². The molecule has 0 fully saturated rings. The van der Waals surface area contributed by atoms with E-state index in [9.17, 15) is 4.79 Å². The van der Waals surface area contributed by atoms with Crippen LogP contribution in [0.15, 0.2) is 0 Å². The Balaban J connectivity index is 3.50. The standard InChI is InChI=1S/C12H25NO3/c1-4-6-10(2)9-16-8-5-7-12(3,13)11(14)15/h10H,4-9,13H2,1-3H3,(H,14,15). The van der Waals surface area contributed by atoms with Gasteiger partial charge in [-0.25, -0.2) is 0 Å². The summed E-state index contributed by atoms with van der Waals surface area (Å²) in [6.45, 7) is 7.20. The highest BCUT2D eigenvalue weighted by Gasteiger charge is 2.26. The van der Waals surface area contributed by atoms with E-state index in [4.69, 9.17) is 15.6 Å². The minimum Gasteiger partial charge on any atom is -0.480 e. The molecule has 0 radical (unpaired) electrons. The van der Waals surface area contributed by atoms with Crippen molar-refractivity contribution in [2.45, 2.75) is 52.0 Å². The largest absolute Gasteiger partial charge is 0.480 e. The van der Waals surface area contributed by atoms with E-state index in [2.05, 4.69) is 13.8 Å². The van der Waals surface area contributed by atoms with Gasteiger partial charge in [0.15, 0.2) is 0 Å². The monoisotopic (exact) mass is 231 g/mol. The lowest BCUT2D eigenvalue weighted by Gasteiger charge is -2.19. The Morgan fingerprint density at radius 2 is 2.19 bits per heavy atom. The molecule has 4 nitrogen and oxygen atoms in total. The average molecular weight is 231 g/mol. The van der Waals surface area contributed by atoms with Crippen molar-refractivity contribution >= 4 is 5.97 Å². The van der Waals surface area contributed by atoms with Crippen LogP contribution >= 0.6 is 0 Å².